The highest BCUT2D eigenvalue weighted by molar-refractivity contribution is 6.37. The van der Waals surface area contributed by atoms with E-state index in [9.17, 15) is 9.59 Å². The molecule has 0 bridgehead atoms. The summed E-state index contributed by atoms with van der Waals surface area (Å²) in [6, 6.07) is 4.96. The summed E-state index contributed by atoms with van der Waals surface area (Å²) in [6.07, 6.45) is 2.88. The van der Waals surface area contributed by atoms with E-state index in [1.165, 1.54) is 18.1 Å². The van der Waals surface area contributed by atoms with E-state index in [2.05, 4.69) is 4.74 Å². The van der Waals surface area contributed by atoms with Crippen molar-refractivity contribution in [3.8, 4) is 0 Å². The van der Waals surface area contributed by atoms with E-state index in [0.29, 0.717) is 15.6 Å². The number of hydrogen-bond acceptors (Lipinski definition) is 3. The molecule has 0 unspecified atom stereocenters. The van der Waals surface area contributed by atoms with Gasteiger partial charge < -0.3 is 9.64 Å². The normalized spacial score (nSPS) is 11.0. The monoisotopic (exact) mass is 329 g/mol. The summed E-state index contributed by atoms with van der Waals surface area (Å²) in [5.74, 6) is -0.785. The minimum atomic E-state index is -0.471. The fourth-order valence-corrected chi connectivity index (χ4v) is 2.16. The van der Waals surface area contributed by atoms with Crippen LogP contribution >= 0.6 is 23.2 Å². The molecule has 1 amide bonds. The molecule has 0 heterocycles. The SMILES string of the molecule is COC(=O)CN(C(=O)C=Cc1c(Cl)cccc1Cl)C(C)C. The third-order valence-corrected chi connectivity index (χ3v) is 3.49. The highest BCUT2D eigenvalue weighted by Gasteiger charge is 2.18. The fraction of sp³-hybridized carbons (Fsp3) is 0.333. The maximum atomic E-state index is 12.2. The number of nitrogens with zero attached hydrogens (tertiary/aromatic N) is 1. The first-order valence-electron chi connectivity index (χ1n) is 6.36. The second-order valence-electron chi connectivity index (χ2n) is 4.60. The van der Waals surface area contributed by atoms with Gasteiger partial charge in [0.05, 0.1) is 7.11 Å². The lowest BCUT2D eigenvalue weighted by Gasteiger charge is -2.24. The van der Waals surface area contributed by atoms with Crippen LogP contribution in [-0.4, -0.2) is 36.5 Å². The fourth-order valence-electron chi connectivity index (χ4n) is 1.64. The van der Waals surface area contributed by atoms with Crippen molar-refractivity contribution in [1.29, 1.82) is 0 Å². The number of methoxy groups -OCH3 is 1. The molecule has 1 aromatic carbocycles. The molecular weight excluding hydrogens is 313 g/mol. The van der Waals surface area contributed by atoms with Gasteiger partial charge in [-0.2, -0.15) is 0 Å². The summed E-state index contributed by atoms with van der Waals surface area (Å²) >= 11 is 12.1. The summed E-state index contributed by atoms with van der Waals surface area (Å²) in [5, 5.41) is 0.909. The average molecular weight is 330 g/mol. The molecule has 0 saturated heterocycles. The molecule has 0 aliphatic carbocycles. The lowest BCUT2D eigenvalue weighted by atomic mass is 10.2. The summed E-state index contributed by atoms with van der Waals surface area (Å²) < 4.78 is 4.58. The molecule has 4 nitrogen and oxygen atoms in total. The number of carbonyl (C=O) groups excluding carboxylic acids is 2. The number of esters is 1. The van der Waals surface area contributed by atoms with Crippen LogP contribution in [-0.2, 0) is 14.3 Å². The van der Waals surface area contributed by atoms with Crippen LogP contribution in [0.2, 0.25) is 10.0 Å². The third kappa shape index (κ3) is 5.06. The maximum absolute atomic E-state index is 12.2. The van der Waals surface area contributed by atoms with E-state index in [-0.39, 0.29) is 18.5 Å². The highest BCUT2D eigenvalue weighted by atomic mass is 35.5. The van der Waals surface area contributed by atoms with E-state index in [1.54, 1.807) is 24.3 Å². The molecule has 21 heavy (non-hydrogen) atoms. The predicted molar refractivity (Wildman–Crippen MR) is 84.4 cm³/mol. The molecule has 0 spiro atoms. The predicted octanol–water partition coefficient (Wildman–Crippen LogP) is 3.42. The molecule has 114 valence electrons. The number of amides is 1. The zero-order valence-corrected chi connectivity index (χ0v) is 13.6. The topological polar surface area (TPSA) is 46.6 Å². The summed E-state index contributed by atoms with van der Waals surface area (Å²) in [6.45, 7) is 3.53. The molecule has 1 aromatic rings. The Labute approximate surface area is 134 Å². The van der Waals surface area contributed by atoms with Gasteiger partial charge >= 0.3 is 5.97 Å². The average Bonchev–Trinajstić information content (AvgIpc) is 2.43. The van der Waals surface area contributed by atoms with Crippen LogP contribution in [0, 0.1) is 0 Å². The number of benzene rings is 1. The lowest BCUT2D eigenvalue weighted by molar-refractivity contribution is -0.146. The Morgan fingerprint density at radius 3 is 2.33 bits per heavy atom. The van der Waals surface area contributed by atoms with Crippen molar-refractivity contribution < 1.29 is 14.3 Å². The van der Waals surface area contributed by atoms with Gasteiger partial charge in [0.15, 0.2) is 0 Å². The van der Waals surface area contributed by atoms with E-state index in [0.717, 1.165) is 0 Å². The number of hydrogen-bond donors (Lipinski definition) is 0. The van der Waals surface area contributed by atoms with E-state index >= 15 is 0 Å². The zero-order chi connectivity index (χ0) is 16.0. The first kappa shape index (κ1) is 17.5. The van der Waals surface area contributed by atoms with Crippen molar-refractivity contribution in [2.45, 2.75) is 19.9 Å². The van der Waals surface area contributed by atoms with Crippen molar-refractivity contribution in [1.82, 2.24) is 4.90 Å². The van der Waals surface area contributed by atoms with Crippen molar-refractivity contribution in [2.24, 2.45) is 0 Å². The molecule has 0 saturated carbocycles. The van der Waals surface area contributed by atoms with Gasteiger partial charge in [0.25, 0.3) is 0 Å². The molecule has 0 fully saturated rings. The van der Waals surface area contributed by atoms with Crippen LogP contribution in [0.1, 0.15) is 19.4 Å². The zero-order valence-electron chi connectivity index (χ0n) is 12.1. The van der Waals surface area contributed by atoms with Gasteiger partial charge in [-0.15, -0.1) is 0 Å². The van der Waals surface area contributed by atoms with Gasteiger partial charge in [-0.1, -0.05) is 29.3 Å². The van der Waals surface area contributed by atoms with Crippen LogP contribution in [0.5, 0.6) is 0 Å². The Morgan fingerprint density at radius 1 is 1.29 bits per heavy atom. The third-order valence-electron chi connectivity index (χ3n) is 2.83. The van der Waals surface area contributed by atoms with Gasteiger partial charge in [-0.25, -0.2) is 0 Å². The van der Waals surface area contributed by atoms with Gasteiger partial charge in [0, 0.05) is 27.7 Å². The van der Waals surface area contributed by atoms with Gasteiger partial charge in [0.1, 0.15) is 6.54 Å². The van der Waals surface area contributed by atoms with Gasteiger partial charge in [-0.05, 0) is 32.1 Å². The minimum absolute atomic E-state index is 0.104. The number of carbonyl (C=O) groups is 2. The Kier molecular flexibility index (Phi) is 6.72. The molecular formula is C15H17Cl2NO3. The van der Waals surface area contributed by atoms with E-state index < -0.39 is 5.97 Å². The minimum Gasteiger partial charge on any atom is -0.468 e. The summed E-state index contributed by atoms with van der Waals surface area (Å²) in [7, 11) is 1.28. The molecule has 0 N–H and O–H groups in total. The highest BCUT2D eigenvalue weighted by Crippen LogP contribution is 2.25. The smallest absolute Gasteiger partial charge is 0.325 e. The first-order chi connectivity index (χ1) is 9.86. The van der Waals surface area contributed by atoms with E-state index in [1.807, 2.05) is 13.8 Å². The van der Waals surface area contributed by atoms with E-state index in [4.69, 9.17) is 23.2 Å². The van der Waals surface area contributed by atoms with Gasteiger partial charge in [0.2, 0.25) is 5.91 Å². The Balaban J connectivity index is 2.91. The van der Waals surface area contributed by atoms with Crippen molar-refractivity contribution in [2.75, 3.05) is 13.7 Å². The molecule has 6 heteroatoms. The Morgan fingerprint density at radius 2 is 1.86 bits per heavy atom. The van der Waals surface area contributed by atoms with Crippen molar-refractivity contribution >= 4 is 41.2 Å². The first-order valence-corrected chi connectivity index (χ1v) is 7.12. The standard InChI is InChI=1S/C15H17Cl2NO3/c1-10(2)18(9-15(20)21-3)14(19)8-7-11-12(16)5-4-6-13(11)17/h4-8,10H,9H2,1-3H3. The number of ether oxygens (including phenoxy) is 1. The quantitative estimate of drug-likeness (QED) is 0.614. The maximum Gasteiger partial charge on any atom is 0.325 e. The van der Waals surface area contributed by atoms with Crippen molar-refractivity contribution in [3.63, 3.8) is 0 Å². The molecule has 1 rings (SSSR count). The van der Waals surface area contributed by atoms with Gasteiger partial charge in [-0.3, -0.25) is 9.59 Å². The van der Waals surface area contributed by atoms with Crippen LogP contribution in [0.15, 0.2) is 24.3 Å². The van der Waals surface area contributed by atoms with Crippen LogP contribution in [0.3, 0.4) is 0 Å². The number of halogens is 2. The molecule has 0 radical (unpaired) electrons. The summed E-state index contributed by atoms with van der Waals surface area (Å²) in [5.41, 5.74) is 0.566. The lowest BCUT2D eigenvalue weighted by Crippen LogP contribution is -2.40. The summed E-state index contributed by atoms with van der Waals surface area (Å²) in [4.78, 5) is 24.9. The van der Waals surface area contributed by atoms with Crippen LogP contribution < -0.4 is 0 Å². The largest absolute Gasteiger partial charge is 0.468 e. The molecule has 0 aliphatic rings. The second-order valence-corrected chi connectivity index (χ2v) is 5.42. The molecule has 0 aromatic heterocycles. The molecule has 0 atom stereocenters. The Bertz CT molecular complexity index is 536. The second kappa shape index (κ2) is 8.05. The van der Waals surface area contributed by atoms with Crippen LogP contribution in [0.4, 0.5) is 0 Å². The van der Waals surface area contributed by atoms with Crippen molar-refractivity contribution in [3.05, 3.63) is 39.9 Å². The number of rotatable bonds is 5. The molecule has 0 aliphatic heterocycles. The Hall–Kier alpha value is -1.52. The van der Waals surface area contributed by atoms with Crippen LogP contribution in [0.25, 0.3) is 6.08 Å².